The smallest absolute Gasteiger partial charge is 0.197 e. The Morgan fingerprint density at radius 2 is 1.43 bits per heavy atom. The van der Waals surface area contributed by atoms with Crippen molar-refractivity contribution >= 4 is 16.8 Å². The number of carbonyl (C=O) groups is 1. The molecule has 0 aliphatic rings. The standard InChI is InChI=1S/C32H22N2O3/c1-21-17-18-27-25(19-21)26(35)20-28(37-27)30-29(32(36)23-13-7-3-8-14-23)31(22-11-5-2-6-12-22)34(33-30)24-15-9-4-10-16-24/h2-20H,1H3. The van der Waals surface area contributed by atoms with Crippen LogP contribution in [0.4, 0.5) is 0 Å². The number of nitrogens with zero attached hydrogens (tertiary/aromatic N) is 2. The largest absolute Gasteiger partial charge is 0.454 e. The SMILES string of the molecule is Cc1ccc2oc(-c3nn(-c4ccccc4)c(-c4ccccc4)c3C(=O)c3ccccc3)cc(=O)c2c1. The van der Waals surface area contributed by atoms with Gasteiger partial charge < -0.3 is 4.42 Å². The minimum atomic E-state index is -0.205. The second kappa shape index (κ2) is 9.21. The van der Waals surface area contributed by atoms with Gasteiger partial charge in [0.25, 0.3) is 0 Å². The number of hydrogen-bond donors (Lipinski definition) is 0. The summed E-state index contributed by atoms with van der Waals surface area (Å²) in [4.78, 5) is 27.2. The molecule has 0 saturated carbocycles. The Labute approximate surface area is 213 Å². The van der Waals surface area contributed by atoms with Crippen LogP contribution < -0.4 is 5.43 Å². The van der Waals surface area contributed by atoms with E-state index in [1.54, 1.807) is 28.9 Å². The summed E-state index contributed by atoms with van der Waals surface area (Å²) in [5, 5.41) is 5.39. The first kappa shape index (κ1) is 22.4. The Kier molecular flexibility index (Phi) is 5.58. The van der Waals surface area contributed by atoms with Gasteiger partial charge in [-0.05, 0) is 31.2 Å². The number of rotatable bonds is 5. The lowest BCUT2D eigenvalue weighted by Gasteiger charge is -2.10. The normalized spacial score (nSPS) is 11.1. The summed E-state index contributed by atoms with van der Waals surface area (Å²) in [5.41, 5.74) is 4.67. The molecular formula is C32H22N2O3. The van der Waals surface area contributed by atoms with E-state index in [1.807, 2.05) is 91.9 Å². The van der Waals surface area contributed by atoms with E-state index in [0.29, 0.717) is 33.5 Å². The predicted octanol–water partition coefficient (Wildman–Crippen LogP) is 6.85. The molecular weight excluding hydrogens is 460 g/mol. The molecule has 0 bridgehead atoms. The summed E-state index contributed by atoms with van der Waals surface area (Å²) in [6, 6.07) is 35.3. The molecule has 0 unspecified atom stereocenters. The Morgan fingerprint density at radius 1 is 0.784 bits per heavy atom. The first-order chi connectivity index (χ1) is 18.1. The summed E-state index contributed by atoms with van der Waals surface area (Å²) in [6.07, 6.45) is 0. The van der Waals surface area contributed by atoms with E-state index in [0.717, 1.165) is 16.8 Å². The lowest BCUT2D eigenvalue weighted by Crippen LogP contribution is -2.06. The van der Waals surface area contributed by atoms with Crippen LogP contribution in [0.15, 0.2) is 124 Å². The van der Waals surface area contributed by atoms with E-state index in [9.17, 15) is 9.59 Å². The molecule has 0 spiro atoms. The summed E-state index contributed by atoms with van der Waals surface area (Å²) < 4.78 is 7.97. The first-order valence-electron chi connectivity index (χ1n) is 12.0. The Hall–Kier alpha value is -5.03. The topological polar surface area (TPSA) is 65.1 Å². The van der Waals surface area contributed by atoms with Crippen molar-refractivity contribution < 1.29 is 9.21 Å². The molecule has 0 saturated heterocycles. The average Bonchev–Trinajstić information content (AvgIpc) is 3.35. The number of aromatic nitrogens is 2. The zero-order valence-electron chi connectivity index (χ0n) is 20.1. The molecule has 5 nitrogen and oxygen atoms in total. The van der Waals surface area contributed by atoms with Crippen molar-refractivity contribution in [3.8, 4) is 28.4 Å². The van der Waals surface area contributed by atoms with Gasteiger partial charge in [0.1, 0.15) is 11.3 Å². The fourth-order valence-corrected chi connectivity index (χ4v) is 4.54. The van der Waals surface area contributed by atoms with Crippen molar-refractivity contribution in [1.29, 1.82) is 0 Å². The predicted molar refractivity (Wildman–Crippen MR) is 145 cm³/mol. The lowest BCUT2D eigenvalue weighted by atomic mass is 9.96. The molecule has 2 aromatic heterocycles. The van der Waals surface area contributed by atoms with Crippen LogP contribution in [-0.4, -0.2) is 15.6 Å². The van der Waals surface area contributed by atoms with E-state index in [2.05, 4.69) is 0 Å². The molecule has 37 heavy (non-hydrogen) atoms. The minimum Gasteiger partial charge on any atom is -0.454 e. The molecule has 2 heterocycles. The number of ketones is 1. The van der Waals surface area contributed by atoms with Crippen molar-refractivity contribution in [3.63, 3.8) is 0 Å². The number of hydrogen-bond acceptors (Lipinski definition) is 4. The molecule has 6 aromatic rings. The molecule has 0 atom stereocenters. The molecule has 0 aliphatic carbocycles. The molecule has 0 amide bonds. The lowest BCUT2D eigenvalue weighted by molar-refractivity contribution is 0.103. The zero-order chi connectivity index (χ0) is 25.4. The minimum absolute atomic E-state index is 0.186. The number of aryl methyl sites for hydroxylation is 1. The highest BCUT2D eigenvalue weighted by Crippen LogP contribution is 2.36. The van der Waals surface area contributed by atoms with Crippen molar-refractivity contribution in [2.75, 3.05) is 0 Å². The summed E-state index contributed by atoms with van der Waals surface area (Å²) in [5.74, 6) is 0.0378. The van der Waals surface area contributed by atoms with Crippen molar-refractivity contribution in [2.45, 2.75) is 6.92 Å². The van der Waals surface area contributed by atoms with Crippen molar-refractivity contribution in [2.24, 2.45) is 0 Å². The van der Waals surface area contributed by atoms with E-state index in [1.165, 1.54) is 6.07 Å². The van der Waals surface area contributed by atoms with Crippen LogP contribution in [0.3, 0.4) is 0 Å². The summed E-state index contributed by atoms with van der Waals surface area (Å²) >= 11 is 0. The van der Waals surface area contributed by atoms with Crippen LogP contribution in [0.2, 0.25) is 0 Å². The van der Waals surface area contributed by atoms with Crippen LogP contribution in [0.1, 0.15) is 21.5 Å². The second-order valence-electron chi connectivity index (χ2n) is 8.86. The van der Waals surface area contributed by atoms with Crippen LogP contribution >= 0.6 is 0 Å². The molecule has 0 radical (unpaired) electrons. The molecule has 6 rings (SSSR count). The van der Waals surface area contributed by atoms with Crippen molar-refractivity contribution in [3.05, 3.63) is 142 Å². The van der Waals surface area contributed by atoms with Crippen molar-refractivity contribution in [1.82, 2.24) is 9.78 Å². The molecule has 0 fully saturated rings. The third kappa shape index (κ3) is 4.06. The fraction of sp³-hybridized carbons (Fsp3) is 0.0312. The van der Waals surface area contributed by atoms with Crippen LogP contribution in [0, 0.1) is 6.92 Å². The van der Waals surface area contributed by atoms with Gasteiger partial charge in [-0.25, -0.2) is 4.68 Å². The van der Waals surface area contributed by atoms with Gasteiger partial charge in [0.2, 0.25) is 0 Å². The van der Waals surface area contributed by atoms with Gasteiger partial charge in [-0.2, -0.15) is 5.10 Å². The monoisotopic (exact) mass is 482 g/mol. The molecule has 4 aromatic carbocycles. The van der Waals surface area contributed by atoms with Crippen LogP contribution in [0.5, 0.6) is 0 Å². The molecule has 5 heteroatoms. The highest BCUT2D eigenvalue weighted by atomic mass is 16.3. The van der Waals surface area contributed by atoms with Gasteiger partial charge in [0, 0.05) is 17.2 Å². The first-order valence-corrected chi connectivity index (χ1v) is 12.0. The fourth-order valence-electron chi connectivity index (χ4n) is 4.54. The quantitative estimate of drug-likeness (QED) is 0.252. The van der Waals surface area contributed by atoms with E-state index < -0.39 is 0 Å². The second-order valence-corrected chi connectivity index (χ2v) is 8.86. The summed E-state index contributed by atoms with van der Waals surface area (Å²) in [7, 11) is 0. The van der Waals surface area contributed by atoms with Gasteiger partial charge in [0.15, 0.2) is 17.0 Å². The Morgan fingerprint density at radius 3 is 2.14 bits per heavy atom. The molecule has 178 valence electrons. The van der Waals surface area contributed by atoms with Gasteiger partial charge in [-0.15, -0.1) is 0 Å². The van der Waals surface area contributed by atoms with Crippen LogP contribution in [-0.2, 0) is 0 Å². The van der Waals surface area contributed by atoms with E-state index in [4.69, 9.17) is 9.52 Å². The summed E-state index contributed by atoms with van der Waals surface area (Å²) in [6.45, 7) is 1.93. The Balaban J connectivity index is 1.71. The Bertz CT molecular complexity index is 1800. The molecule has 0 N–H and O–H groups in total. The third-order valence-electron chi connectivity index (χ3n) is 6.31. The number of fused-ring (bicyclic) bond motifs is 1. The van der Waals surface area contributed by atoms with Crippen LogP contribution in [0.25, 0.3) is 39.4 Å². The van der Waals surface area contributed by atoms with Gasteiger partial charge >= 0.3 is 0 Å². The van der Waals surface area contributed by atoms with Gasteiger partial charge in [-0.1, -0.05) is 90.5 Å². The zero-order valence-corrected chi connectivity index (χ0v) is 20.1. The molecule has 0 aliphatic heterocycles. The maximum absolute atomic E-state index is 14.1. The number of benzene rings is 4. The maximum atomic E-state index is 14.1. The number of para-hydroxylation sites is 1. The average molecular weight is 483 g/mol. The number of carbonyl (C=O) groups excluding carboxylic acids is 1. The van der Waals surface area contributed by atoms with E-state index in [-0.39, 0.29) is 17.0 Å². The highest BCUT2D eigenvalue weighted by Gasteiger charge is 2.29. The highest BCUT2D eigenvalue weighted by molar-refractivity contribution is 6.16. The van der Waals surface area contributed by atoms with Gasteiger partial charge in [0.05, 0.1) is 22.3 Å². The third-order valence-corrected chi connectivity index (χ3v) is 6.31. The maximum Gasteiger partial charge on any atom is 0.197 e. The van der Waals surface area contributed by atoms with Gasteiger partial charge in [-0.3, -0.25) is 9.59 Å². The van der Waals surface area contributed by atoms with E-state index >= 15 is 0 Å².